The lowest BCUT2D eigenvalue weighted by atomic mass is 10.1. The van der Waals surface area contributed by atoms with E-state index in [0.717, 1.165) is 22.9 Å². The van der Waals surface area contributed by atoms with Crippen LogP contribution >= 0.6 is 0 Å². The Balaban J connectivity index is 1.68. The number of carbonyl (C=O) groups is 1. The second-order valence-corrected chi connectivity index (χ2v) is 5.85. The molecule has 1 heterocycles. The number of aryl methyl sites for hydroxylation is 1. The van der Waals surface area contributed by atoms with Crippen LogP contribution in [0.4, 0.5) is 0 Å². The number of ether oxygens (including phenoxy) is 1. The average molecular weight is 348 g/mol. The highest BCUT2D eigenvalue weighted by Gasteiger charge is 2.11. The molecule has 0 saturated carbocycles. The summed E-state index contributed by atoms with van der Waals surface area (Å²) in [4.78, 5) is 15.1. The fourth-order valence-electron chi connectivity index (χ4n) is 2.49. The van der Waals surface area contributed by atoms with Crippen LogP contribution in [0.15, 0.2) is 65.1 Å². The Kier molecular flexibility index (Phi) is 5.17. The summed E-state index contributed by atoms with van der Waals surface area (Å²) in [5, 5.41) is 10.6. The molecule has 0 unspecified atom stereocenters. The zero-order valence-electron chi connectivity index (χ0n) is 14.6. The summed E-state index contributed by atoms with van der Waals surface area (Å²) < 4.78 is 11.5. The minimum atomic E-state index is -1.21. The van der Waals surface area contributed by atoms with Crippen LogP contribution in [0.5, 0.6) is 5.75 Å². The van der Waals surface area contributed by atoms with Gasteiger partial charge in [0.15, 0.2) is 0 Å². The van der Waals surface area contributed by atoms with Gasteiger partial charge in [0.1, 0.15) is 23.8 Å². The third-order valence-electron chi connectivity index (χ3n) is 3.93. The van der Waals surface area contributed by atoms with Crippen molar-refractivity contribution in [1.29, 1.82) is 0 Å². The second-order valence-electron chi connectivity index (χ2n) is 5.85. The summed E-state index contributed by atoms with van der Waals surface area (Å²) in [7, 11) is 0. The SMILES string of the molecule is C/C(=C\C(=O)[O-])c1ccc(OCc2nc(-c3ccccc3)oc2C)cc1. The first-order valence-corrected chi connectivity index (χ1v) is 8.17. The molecule has 132 valence electrons. The van der Waals surface area contributed by atoms with Crippen LogP contribution in [0.1, 0.15) is 23.9 Å². The minimum Gasteiger partial charge on any atom is -0.545 e. The lowest BCUT2D eigenvalue weighted by Gasteiger charge is -2.07. The maximum absolute atomic E-state index is 10.6. The van der Waals surface area contributed by atoms with Crippen molar-refractivity contribution in [2.45, 2.75) is 20.5 Å². The third-order valence-corrected chi connectivity index (χ3v) is 3.93. The van der Waals surface area contributed by atoms with Gasteiger partial charge >= 0.3 is 0 Å². The van der Waals surface area contributed by atoms with Gasteiger partial charge in [-0.25, -0.2) is 4.98 Å². The zero-order valence-corrected chi connectivity index (χ0v) is 14.6. The van der Waals surface area contributed by atoms with E-state index in [9.17, 15) is 9.90 Å². The van der Waals surface area contributed by atoms with E-state index in [2.05, 4.69) is 4.98 Å². The van der Waals surface area contributed by atoms with Gasteiger partial charge in [-0.1, -0.05) is 30.3 Å². The van der Waals surface area contributed by atoms with Gasteiger partial charge in [0.05, 0.1) is 5.97 Å². The number of hydrogen-bond acceptors (Lipinski definition) is 5. The molecule has 0 saturated heterocycles. The van der Waals surface area contributed by atoms with Crippen molar-refractivity contribution >= 4 is 11.5 Å². The van der Waals surface area contributed by atoms with E-state index >= 15 is 0 Å². The van der Waals surface area contributed by atoms with Crippen molar-refractivity contribution in [2.75, 3.05) is 0 Å². The lowest BCUT2D eigenvalue weighted by molar-refractivity contribution is -0.297. The molecule has 3 aromatic rings. The number of carbonyl (C=O) groups excluding carboxylic acids is 1. The van der Waals surface area contributed by atoms with Crippen LogP contribution in [0.25, 0.3) is 17.0 Å². The van der Waals surface area contributed by atoms with E-state index in [1.54, 1.807) is 31.2 Å². The van der Waals surface area contributed by atoms with Crippen molar-refractivity contribution in [1.82, 2.24) is 4.98 Å². The molecule has 0 radical (unpaired) electrons. The number of carboxylic acids is 1. The molecule has 5 nitrogen and oxygen atoms in total. The molecular formula is C21H18NO4-. The molecule has 3 rings (SSSR count). The monoisotopic (exact) mass is 348 g/mol. The highest BCUT2D eigenvalue weighted by Crippen LogP contribution is 2.23. The lowest BCUT2D eigenvalue weighted by Crippen LogP contribution is -2.19. The van der Waals surface area contributed by atoms with Crippen molar-refractivity contribution in [3.63, 3.8) is 0 Å². The van der Waals surface area contributed by atoms with E-state index in [4.69, 9.17) is 9.15 Å². The van der Waals surface area contributed by atoms with Gasteiger partial charge in [0, 0.05) is 5.56 Å². The quantitative estimate of drug-likeness (QED) is 0.638. The van der Waals surface area contributed by atoms with Crippen LogP contribution < -0.4 is 9.84 Å². The Hall–Kier alpha value is -3.34. The molecule has 5 heteroatoms. The molecule has 1 aromatic heterocycles. The number of carboxylic acid groups (broad SMARTS) is 1. The van der Waals surface area contributed by atoms with E-state index < -0.39 is 5.97 Å². The van der Waals surface area contributed by atoms with E-state index in [1.165, 1.54) is 0 Å². The molecule has 0 amide bonds. The van der Waals surface area contributed by atoms with Gasteiger partial charge in [0.25, 0.3) is 0 Å². The summed E-state index contributed by atoms with van der Waals surface area (Å²) in [5.74, 6) is 0.741. The van der Waals surface area contributed by atoms with Crippen LogP contribution in [-0.4, -0.2) is 11.0 Å². The van der Waals surface area contributed by atoms with Gasteiger partial charge in [-0.3, -0.25) is 0 Å². The maximum atomic E-state index is 10.6. The number of aromatic nitrogens is 1. The molecule has 0 N–H and O–H groups in total. The minimum absolute atomic E-state index is 0.287. The van der Waals surface area contributed by atoms with E-state index in [0.29, 0.717) is 23.0 Å². The number of rotatable bonds is 6. The average Bonchev–Trinajstić information content (AvgIpc) is 3.01. The van der Waals surface area contributed by atoms with Gasteiger partial charge in [-0.15, -0.1) is 0 Å². The number of oxazole rings is 1. The fourth-order valence-corrected chi connectivity index (χ4v) is 2.49. The van der Waals surface area contributed by atoms with E-state index in [-0.39, 0.29) is 6.61 Å². The predicted octanol–water partition coefficient (Wildman–Crippen LogP) is 3.38. The maximum Gasteiger partial charge on any atom is 0.226 e. The molecule has 2 aromatic carbocycles. The highest BCUT2D eigenvalue weighted by atomic mass is 16.5. The normalized spacial score (nSPS) is 11.4. The number of hydrogen-bond donors (Lipinski definition) is 0. The highest BCUT2D eigenvalue weighted by molar-refractivity contribution is 5.88. The first kappa shape index (κ1) is 17.5. The van der Waals surface area contributed by atoms with Gasteiger partial charge in [-0.05, 0) is 55.3 Å². The first-order valence-electron chi connectivity index (χ1n) is 8.17. The molecule has 0 atom stereocenters. The Morgan fingerprint density at radius 2 is 1.85 bits per heavy atom. The first-order chi connectivity index (χ1) is 12.5. The predicted molar refractivity (Wildman–Crippen MR) is 96.1 cm³/mol. The molecule has 26 heavy (non-hydrogen) atoms. The van der Waals surface area contributed by atoms with Crippen LogP contribution in [-0.2, 0) is 11.4 Å². The number of allylic oxidation sites excluding steroid dienone is 1. The van der Waals surface area contributed by atoms with Crippen molar-refractivity contribution in [3.05, 3.63) is 77.7 Å². The van der Waals surface area contributed by atoms with Crippen LogP contribution in [0.2, 0.25) is 0 Å². The van der Waals surface area contributed by atoms with Gasteiger partial charge in [-0.2, -0.15) is 0 Å². The van der Waals surface area contributed by atoms with Crippen LogP contribution in [0.3, 0.4) is 0 Å². The smallest absolute Gasteiger partial charge is 0.226 e. The molecule has 0 aliphatic carbocycles. The summed E-state index contributed by atoms with van der Waals surface area (Å²) in [6.07, 6.45) is 1.07. The molecular weight excluding hydrogens is 330 g/mol. The molecule has 0 bridgehead atoms. The summed E-state index contributed by atoms with van der Waals surface area (Å²) >= 11 is 0. The zero-order chi connectivity index (χ0) is 18.5. The standard InChI is InChI=1S/C21H19NO4/c1-14(12-20(23)24)16-8-10-18(11-9-16)25-13-19-15(2)26-21(22-19)17-6-4-3-5-7-17/h3-12H,13H2,1-2H3,(H,23,24)/p-1/b14-12+. The van der Waals surface area contributed by atoms with Crippen molar-refractivity contribution < 1.29 is 19.1 Å². The van der Waals surface area contributed by atoms with E-state index in [1.807, 2.05) is 37.3 Å². The Morgan fingerprint density at radius 3 is 2.50 bits per heavy atom. The van der Waals surface area contributed by atoms with Crippen LogP contribution in [0, 0.1) is 6.92 Å². The molecule has 0 spiro atoms. The van der Waals surface area contributed by atoms with Gasteiger partial charge < -0.3 is 19.1 Å². The summed E-state index contributed by atoms with van der Waals surface area (Å²) in [5.41, 5.74) is 3.07. The second kappa shape index (κ2) is 7.70. The Bertz CT molecular complexity index is 924. The number of aliphatic carboxylic acids is 1. The molecule has 0 aliphatic heterocycles. The number of benzene rings is 2. The summed E-state index contributed by atoms with van der Waals surface area (Å²) in [6.45, 7) is 3.86. The summed E-state index contributed by atoms with van der Waals surface area (Å²) in [6, 6.07) is 16.9. The van der Waals surface area contributed by atoms with Gasteiger partial charge in [0.2, 0.25) is 5.89 Å². The fraction of sp³-hybridized carbons (Fsp3) is 0.143. The topological polar surface area (TPSA) is 75.4 Å². The third kappa shape index (κ3) is 4.19. The van der Waals surface area contributed by atoms with Crippen molar-refractivity contribution in [2.24, 2.45) is 0 Å². The Morgan fingerprint density at radius 1 is 1.15 bits per heavy atom. The van der Waals surface area contributed by atoms with Crippen molar-refractivity contribution in [3.8, 4) is 17.2 Å². The Labute approximate surface area is 151 Å². The largest absolute Gasteiger partial charge is 0.545 e. The number of nitrogens with zero attached hydrogens (tertiary/aromatic N) is 1. The molecule has 0 aliphatic rings. The molecule has 0 fully saturated rings.